The Morgan fingerprint density at radius 2 is 1.72 bits per heavy atom. The quantitative estimate of drug-likeness (QED) is 0.702. The second-order valence-electron chi connectivity index (χ2n) is 6.67. The Morgan fingerprint density at radius 1 is 1.03 bits per heavy atom. The van der Waals surface area contributed by atoms with E-state index < -0.39 is 24.4 Å². The van der Waals surface area contributed by atoms with Crippen LogP contribution in [0.5, 0.6) is 0 Å². The molecule has 150 valence electrons. The van der Waals surface area contributed by atoms with Gasteiger partial charge >= 0.3 is 5.97 Å². The SMILES string of the molecule is Cc1ccc([C@@H](C)NC(=O)COC(=O)c2ccc(NC(=O)CC#N)cc2)cc1C. The van der Waals surface area contributed by atoms with Crippen molar-refractivity contribution in [3.05, 3.63) is 64.7 Å². The minimum absolute atomic E-state index is 0.211. The molecule has 2 amide bonds. The zero-order valence-corrected chi connectivity index (χ0v) is 16.6. The zero-order valence-electron chi connectivity index (χ0n) is 16.6. The fourth-order valence-electron chi connectivity index (χ4n) is 2.58. The van der Waals surface area contributed by atoms with Crippen molar-refractivity contribution in [1.82, 2.24) is 5.32 Å². The first-order chi connectivity index (χ1) is 13.8. The summed E-state index contributed by atoms with van der Waals surface area (Å²) in [6, 6.07) is 13.5. The molecule has 7 heteroatoms. The van der Waals surface area contributed by atoms with Crippen LogP contribution < -0.4 is 10.6 Å². The standard InChI is InChI=1S/C22H23N3O4/c1-14-4-5-18(12-15(14)2)16(3)24-21(27)13-29-22(28)17-6-8-19(9-7-17)25-20(26)10-11-23/h4-9,12,16H,10,13H2,1-3H3,(H,24,27)(H,25,26)/t16-/m1/s1. The van der Waals surface area contributed by atoms with Gasteiger partial charge in [-0.05, 0) is 61.7 Å². The Bertz CT molecular complexity index is 946. The number of benzene rings is 2. The highest BCUT2D eigenvalue weighted by molar-refractivity contribution is 5.94. The zero-order chi connectivity index (χ0) is 21.4. The molecule has 0 spiro atoms. The summed E-state index contributed by atoms with van der Waals surface area (Å²) in [6.45, 7) is 5.50. The molecule has 2 N–H and O–H groups in total. The van der Waals surface area contributed by atoms with Gasteiger partial charge in [-0.3, -0.25) is 9.59 Å². The number of carbonyl (C=O) groups excluding carboxylic acids is 3. The molecule has 0 radical (unpaired) electrons. The van der Waals surface area contributed by atoms with Gasteiger partial charge in [0.05, 0.1) is 17.7 Å². The third-order valence-corrected chi connectivity index (χ3v) is 4.39. The number of ether oxygens (including phenoxy) is 1. The van der Waals surface area contributed by atoms with Crippen molar-refractivity contribution in [2.45, 2.75) is 33.2 Å². The van der Waals surface area contributed by atoms with E-state index in [-0.39, 0.29) is 18.0 Å². The number of nitriles is 1. The van der Waals surface area contributed by atoms with Gasteiger partial charge in [0.1, 0.15) is 6.42 Å². The van der Waals surface area contributed by atoms with Crippen molar-refractivity contribution >= 4 is 23.5 Å². The predicted octanol–water partition coefficient (Wildman–Crippen LogP) is 3.19. The Hall–Kier alpha value is -3.66. The molecule has 0 heterocycles. The number of rotatable bonds is 7. The third-order valence-electron chi connectivity index (χ3n) is 4.39. The molecular formula is C22H23N3O4. The van der Waals surface area contributed by atoms with Crippen molar-refractivity contribution in [2.75, 3.05) is 11.9 Å². The average molecular weight is 393 g/mol. The number of anilines is 1. The van der Waals surface area contributed by atoms with Crippen LogP contribution in [0.2, 0.25) is 0 Å². The van der Waals surface area contributed by atoms with Gasteiger partial charge in [0.2, 0.25) is 5.91 Å². The van der Waals surface area contributed by atoms with Crippen LogP contribution in [0.1, 0.15) is 46.4 Å². The highest BCUT2D eigenvalue weighted by Crippen LogP contribution is 2.16. The summed E-state index contributed by atoms with van der Waals surface area (Å²) in [6.07, 6.45) is -0.251. The Morgan fingerprint density at radius 3 is 2.34 bits per heavy atom. The van der Waals surface area contributed by atoms with E-state index in [1.165, 1.54) is 29.8 Å². The highest BCUT2D eigenvalue weighted by atomic mass is 16.5. The Labute approximate surface area is 169 Å². The van der Waals surface area contributed by atoms with Gasteiger partial charge in [0, 0.05) is 5.69 Å². The first kappa shape index (κ1) is 21.6. The van der Waals surface area contributed by atoms with E-state index >= 15 is 0 Å². The number of esters is 1. The van der Waals surface area contributed by atoms with Crippen molar-refractivity contribution in [2.24, 2.45) is 0 Å². The number of hydrogen-bond acceptors (Lipinski definition) is 5. The van der Waals surface area contributed by atoms with Gasteiger partial charge in [0.15, 0.2) is 6.61 Å². The van der Waals surface area contributed by atoms with Crippen LogP contribution in [-0.2, 0) is 14.3 Å². The second kappa shape index (κ2) is 10.0. The van der Waals surface area contributed by atoms with Gasteiger partial charge in [0.25, 0.3) is 5.91 Å². The summed E-state index contributed by atoms with van der Waals surface area (Å²) < 4.78 is 5.05. The van der Waals surface area contributed by atoms with Crippen LogP contribution >= 0.6 is 0 Å². The van der Waals surface area contributed by atoms with Crippen molar-refractivity contribution < 1.29 is 19.1 Å². The van der Waals surface area contributed by atoms with Crippen molar-refractivity contribution in [3.8, 4) is 6.07 Å². The summed E-state index contributed by atoms with van der Waals surface area (Å²) in [4.78, 5) is 35.5. The van der Waals surface area contributed by atoms with E-state index in [9.17, 15) is 14.4 Å². The Kier molecular flexibility index (Phi) is 7.49. The van der Waals surface area contributed by atoms with Crippen molar-refractivity contribution in [1.29, 1.82) is 5.26 Å². The summed E-state index contributed by atoms with van der Waals surface area (Å²) in [5, 5.41) is 13.8. The molecule has 2 aromatic rings. The van der Waals surface area contributed by atoms with E-state index in [0.717, 1.165) is 11.1 Å². The molecule has 0 aliphatic carbocycles. The highest BCUT2D eigenvalue weighted by Gasteiger charge is 2.14. The molecule has 0 aliphatic rings. The first-order valence-electron chi connectivity index (χ1n) is 9.10. The molecule has 0 aromatic heterocycles. The molecule has 0 bridgehead atoms. The maximum atomic E-state index is 12.1. The molecule has 0 unspecified atom stereocenters. The fraction of sp³-hybridized carbons (Fsp3) is 0.273. The minimum atomic E-state index is -0.645. The van der Waals surface area contributed by atoms with Crippen molar-refractivity contribution in [3.63, 3.8) is 0 Å². The van der Waals surface area contributed by atoms with E-state index in [0.29, 0.717) is 5.69 Å². The number of hydrogen-bond donors (Lipinski definition) is 2. The third kappa shape index (κ3) is 6.47. The van der Waals surface area contributed by atoms with Crippen LogP contribution in [0.3, 0.4) is 0 Å². The lowest BCUT2D eigenvalue weighted by molar-refractivity contribution is -0.124. The first-order valence-corrected chi connectivity index (χ1v) is 9.10. The summed E-state index contributed by atoms with van der Waals surface area (Å²) in [5.74, 6) is -1.48. The molecule has 2 rings (SSSR count). The lowest BCUT2D eigenvalue weighted by Gasteiger charge is -2.16. The smallest absolute Gasteiger partial charge is 0.338 e. The van der Waals surface area contributed by atoms with Gasteiger partial charge in [-0.25, -0.2) is 4.79 Å². The number of nitrogens with one attached hydrogen (secondary N) is 2. The van der Waals surface area contributed by atoms with E-state index in [1.54, 1.807) is 6.07 Å². The van der Waals surface area contributed by atoms with Gasteiger partial charge in [-0.2, -0.15) is 5.26 Å². The average Bonchev–Trinajstić information content (AvgIpc) is 2.69. The van der Waals surface area contributed by atoms with E-state index in [4.69, 9.17) is 10.00 Å². The lowest BCUT2D eigenvalue weighted by Crippen LogP contribution is -2.31. The van der Waals surface area contributed by atoms with Gasteiger partial charge in [-0.15, -0.1) is 0 Å². The number of carbonyl (C=O) groups is 3. The maximum absolute atomic E-state index is 12.1. The molecule has 0 saturated carbocycles. The van der Waals surface area contributed by atoms with Gasteiger partial charge < -0.3 is 15.4 Å². The molecule has 0 aliphatic heterocycles. The van der Waals surface area contributed by atoms with Crippen LogP contribution in [0.4, 0.5) is 5.69 Å². The second-order valence-corrected chi connectivity index (χ2v) is 6.67. The molecule has 1 atom stereocenters. The number of amides is 2. The van der Waals surface area contributed by atoms with Gasteiger partial charge in [-0.1, -0.05) is 18.2 Å². The molecule has 7 nitrogen and oxygen atoms in total. The molecule has 2 aromatic carbocycles. The molecule has 29 heavy (non-hydrogen) atoms. The lowest BCUT2D eigenvalue weighted by atomic mass is 10.0. The van der Waals surface area contributed by atoms with Crippen LogP contribution in [0.25, 0.3) is 0 Å². The van der Waals surface area contributed by atoms with E-state index in [2.05, 4.69) is 10.6 Å². The molecular weight excluding hydrogens is 370 g/mol. The summed E-state index contributed by atoms with van der Waals surface area (Å²) in [7, 11) is 0. The molecule has 0 fully saturated rings. The number of aryl methyl sites for hydroxylation is 2. The molecule has 0 saturated heterocycles. The normalized spacial score (nSPS) is 11.1. The predicted molar refractivity (Wildman–Crippen MR) is 108 cm³/mol. The summed E-state index contributed by atoms with van der Waals surface area (Å²) in [5.41, 5.74) is 4.00. The van der Waals surface area contributed by atoms with Crippen LogP contribution in [0, 0.1) is 25.2 Å². The maximum Gasteiger partial charge on any atom is 0.338 e. The van der Waals surface area contributed by atoms with Crippen LogP contribution in [0.15, 0.2) is 42.5 Å². The Balaban J connectivity index is 1.84. The largest absolute Gasteiger partial charge is 0.452 e. The van der Waals surface area contributed by atoms with Crippen LogP contribution in [-0.4, -0.2) is 24.4 Å². The summed E-state index contributed by atoms with van der Waals surface area (Å²) >= 11 is 0. The van der Waals surface area contributed by atoms with E-state index in [1.807, 2.05) is 39.0 Å². The minimum Gasteiger partial charge on any atom is -0.452 e. The fourth-order valence-corrected chi connectivity index (χ4v) is 2.58. The number of nitrogens with zero attached hydrogens (tertiary/aromatic N) is 1. The topological polar surface area (TPSA) is 108 Å². The monoisotopic (exact) mass is 393 g/mol.